The van der Waals surface area contributed by atoms with Crippen LogP contribution in [0.4, 0.5) is 10.1 Å². The predicted octanol–water partition coefficient (Wildman–Crippen LogP) is 0.783. The minimum absolute atomic E-state index is 0.0591. The van der Waals surface area contributed by atoms with E-state index in [9.17, 15) is 22.9 Å². The molecular formula is C10H13FN2O5S. The third kappa shape index (κ3) is 4.23. The highest BCUT2D eigenvalue weighted by Gasteiger charge is 2.21. The monoisotopic (exact) mass is 292 g/mol. The molecule has 0 heterocycles. The van der Waals surface area contributed by atoms with Gasteiger partial charge in [0.2, 0.25) is 10.0 Å². The summed E-state index contributed by atoms with van der Waals surface area (Å²) in [6, 6.07) is 2.29. The van der Waals surface area contributed by atoms with Crippen LogP contribution in [0.3, 0.4) is 0 Å². The Morgan fingerprint density at radius 2 is 2.16 bits per heavy atom. The second kappa shape index (κ2) is 6.04. The summed E-state index contributed by atoms with van der Waals surface area (Å²) in [5.41, 5.74) is -0.527. The molecule has 0 radical (unpaired) electrons. The maximum Gasteiger partial charge on any atom is 0.272 e. The molecule has 0 bridgehead atoms. The van der Waals surface area contributed by atoms with Gasteiger partial charge in [-0.05, 0) is 19.4 Å². The lowest BCUT2D eigenvalue weighted by atomic mass is 10.3. The molecule has 19 heavy (non-hydrogen) atoms. The van der Waals surface area contributed by atoms with E-state index in [0.717, 1.165) is 12.1 Å². The summed E-state index contributed by atoms with van der Waals surface area (Å²) in [5, 5.41) is 19.4. The van der Waals surface area contributed by atoms with Gasteiger partial charge in [-0.15, -0.1) is 0 Å². The van der Waals surface area contributed by atoms with Gasteiger partial charge in [-0.3, -0.25) is 10.1 Å². The standard InChI is InChI=1S/C10H13FN2O5S/c1-7(14)4-5-12-19(17,18)10-3-2-8(13(15)16)6-9(10)11/h2-3,6-7,12,14H,4-5H2,1H3. The number of sulfonamides is 1. The highest BCUT2D eigenvalue weighted by atomic mass is 32.2. The Hall–Kier alpha value is -1.58. The van der Waals surface area contributed by atoms with Crippen molar-refractivity contribution in [1.82, 2.24) is 4.72 Å². The second-order valence-corrected chi connectivity index (χ2v) is 5.64. The van der Waals surface area contributed by atoms with Gasteiger partial charge in [0.15, 0.2) is 0 Å². The molecule has 0 aromatic heterocycles. The zero-order valence-corrected chi connectivity index (χ0v) is 10.9. The first-order valence-corrected chi connectivity index (χ1v) is 6.84. The third-order valence-corrected chi connectivity index (χ3v) is 3.76. The molecule has 9 heteroatoms. The topological polar surface area (TPSA) is 110 Å². The van der Waals surface area contributed by atoms with E-state index in [1.807, 2.05) is 0 Å². The summed E-state index contributed by atoms with van der Waals surface area (Å²) < 4.78 is 39.0. The Morgan fingerprint density at radius 3 is 2.63 bits per heavy atom. The predicted molar refractivity (Wildman–Crippen MR) is 64.5 cm³/mol. The Kier molecular flexibility index (Phi) is 4.92. The first-order valence-electron chi connectivity index (χ1n) is 5.35. The van der Waals surface area contributed by atoms with Gasteiger partial charge in [0, 0.05) is 12.6 Å². The summed E-state index contributed by atoms with van der Waals surface area (Å²) in [6.45, 7) is 1.43. The van der Waals surface area contributed by atoms with Crippen molar-refractivity contribution < 1.29 is 22.8 Å². The quantitative estimate of drug-likeness (QED) is 0.595. The van der Waals surface area contributed by atoms with Crippen LogP contribution in [0, 0.1) is 15.9 Å². The van der Waals surface area contributed by atoms with Crippen LogP contribution in [0.15, 0.2) is 23.1 Å². The summed E-state index contributed by atoms with van der Waals surface area (Å²) in [7, 11) is -4.09. The average Bonchev–Trinajstić information content (AvgIpc) is 2.27. The van der Waals surface area contributed by atoms with Gasteiger partial charge < -0.3 is 5.11 Å². The number of halogens is 1. The normalized spacial score (nSPS) is 13.2. The smallest absolute Gasteiger partial charge is 0.272 e. The van der Waals surface area contributed by atoms with E-state index >= 15 is 0 Å². The number of hydrogen-bond acceptors (Lipinski definition) is 5. The largest absolute Gasteiger partial charge is 0.393 e. The van der Waals surface area contributed by atoms with E-state index in [2.05, 4.69) is 4.72 Å². The molecule has 1 aromatic rings. The molecule has 2 N–H and O–H groups in total. The summed E-state index contributed by atoms with van der Waals surface area (Å²) in [5.74, 6) is -1.20. The van der Waals surface area contributed by atoms with Crippen LogP contribution < -0.4 is 4.72 Å². The molecule has 0 fully saturated rings. The van der Waals surface area contributed by atoms with E-state index in [1.54, 1.807) is 0 Å². The summed E-state index contributed by atoms with van der Waals surface area (Å²) in [4.78, 5) is 8.92. The van der Waals surface area contributed by atoms with Crippen LogP contribution in [0.1, 0.15) is 13.3 Å². The molecule has 0 aliphatic carbocycles. The number of hydrogen-bond donors (Lipinski definition) is 2. The van der Waals surface area contributed by atoms with Crippen LogP contribution in [0.2, 0.25) is 0 Å². The average molecular weight is 292 g/mol. The molecule has 0 aliphatic heterocycles. The Bertz CT molecular complexity index is 573. The van der Waals surface area contributed by atoms with Crippen LogP contribution in [-0.4, -0.2) is 31.1 Å². The van der Waals surface area contributed by atoms with Crippen molar-refractivity contribution in [3.05, 3.63) is 34.1 Å². The number of nitrogens with zero attached hydrogens (tertiary/aromatic N) is 1. The number of non-ortho nitro benzene ring substituents is 1. The van der Waals surface area contributed by atoms with Gasteiger partial charge >= 0.3 is 0 Å². The molecular weight excluding hydrogens is 279 g/mol. The lowest BCUT2D eigenvalue weighted by molar-refractivity contribution is -0.385. The highest BCUT2D eigenvalue weighted by Crippen LogP contribution is 2.20. The van der Waals surface area contributed by atoms with Gasteiger partial charge in [-0.2, -0.15) is 0 Å². The molecule has 0 spiro atoms. The summed E-state index contributed by atoms with van der Waals surface area (Å²) >= 11 is 0. The fourth-order valence-corrected chi connectivity index (χ4v) is 2.41. The van der Waals surface area contributed by atoms with Crippen molar-refractivity contribution in [2.45, 2.75) is 24.3 Å². The minimum atomic E-state index is -4.09. The van der Waals surface area contributed by atoms with Crippen molar-refractivity contribution in [2.75, 3.05) is 6.54 Å². The van der Waals surface area contributed by atoms with Crippen molar-refractivity contribution >= 4 is 15.7 Å². The third-order valence-electron chi connectivity index (χ3n) is 2.27. The lowest BCUT2D eigenvalue weighted by Gasteiger charge is -2.08. The molecule has 0 amide bonds. The first kappa shape index (κ1) is 15.5. The molecule has 1 unspecified atom stereocenters. The van der Waals surface area contributed by atoms with Crippen LogP contribution in [0.25, 0.3) is 0 Å². The molecule has 0 aliphatic rings. The van der Waals surface area contributed by atoms with Crippen LogP contribution >= 0.6 is 0 Å². The van der Waals surface area contributed by atoms with E-state index in [4.69, 9.17) is 5.11 Å². The highest BCUT2D eigenvalue weighted by molar-refractivity contribution is 7.89. The van der Waals surface area contributed by atoms with Gasteiger partial charge in [-0.25, -0.2) is 17.5 Å². The summed E-state index contributed by atoms with van der Waals surface area (Å²) in [6.07, 6.45) is -0.516. The zero-order valence-electron chi connectivity index (χ0n) is 10.0. The molecule has 0 saturated heterocycles. The van der Waals surface area contributed by atoms with Gasteiger partial charge in [0.25, 0.3) is 5.69 Å². The first-order chi connectivity index (χ1) is 8.74. The zero-order chi connectivity index (χ0) is 14.6. The number of nitro groups is 1. The molecule has 1 rings (SSSR count). The Balaban J connectivity index is 2.93. The van der Waals surface area contributed by atoms with E-state index in [-0.39, 0.29) is 13.0 Å². The molecule has 1 atom stereocenters. The van der Waals surface area contributed by atoms with Crippen molar-refractivity contribution in [1.29, 1.82) is 0 Å². The Morgan fingerprint density at radius 1 is 1.53 bits per heavy atom. The van der Waals surface area contributed by atoms with E-state index < -0.39 is 37.5 Å². The SMILES string of the molecule is CC(O)CCNS(=O)(=O)c1ccc([N+](=O)[O-])cc1F. The number of benzene rings is 1. The van der Waals surface area contributed by atoms with Crippen LogP contribution in [0.5, 0.6) is 0 Å². The maximum absolute atomic E-state index is 13.5. The van der Waals surface area contributed by atoms with Gasteiger partial charge in [0.1, 0.15) is 10.7 Å². The molecule has 0 saturated carbocycles. The van der Waals surface area contributed by atoms with E-state index in [1.165, 1.54) is 6.92 Å². The van der Waals surface area contributed by atoms with Crippen molar-refractivity contribution in [2.24, 2.45) is 0 Å². The van der Waals surface area contributed by atoms with E-state index in [0.29, 0.717) is 6.07 Å². The lowest BCUT2D eigenvalue weighted by Crippen LogP contribution is -2.27. The molecule has 1 aromatic carbocycles. The number of nitrogens with one attached hydrogen (secondary N) is 1. The number of aliphatic hydroxyl groups is 1. The number of aliphatic hydroxyl groups excluding tert-OH is 1. The molecule has 7 nitrogen and oxygen atoms in total. The minimum Gasteiger partial charge on any atom is -0.393 e. The second-order valence-electron chi connectivity index (χ2n) is 3.91. The van der Waals surface area contributed by atoms with Crippen LogP contribution in [-0.2, 0) is 10.0 Å². The fraction of sp³-hybridized carbons (Fsp3) is 0.400. The Labute approximate surface area is 109 Å². The van der Waals surface area contributed by atoms with Gasteiger partial charge in [0.05, 0.1) is 17.1 Å². The van der Waals surface area contributed by atoms with Crippen molar-refractivity contribution in [3.63, 3.8) is 0 Å². The van der Waals surface area contributed by atoms with Gasteiger partial charge in [-0.1, -0.05) is 0 Å². The van der Waals surface area contributed by atoms with Crippen molar-refractivity contribution in [3.8, 4) is 0 Å². The maximum atomic E-state index is 13.5. The molecule has 106 valence electrons. The fourth-order valence-electron chi connectivity index (χ4n) is 1.30. The number of nitro benzene ring substituents is 1. The number of rotatable bonds is 6.